The largest absolute Gasteiger partial charge is 0.507 e. The predicted octanol–water partition coefficient (Wildman–Crippen LogP) is 2.88. The normalized spacial score (nSPS) is 12.0. The Kier molecular flexibility index (Phi) is 3.37. The summed E-state index contributed by atoms with van der Waals surface area (Å²) in [5.41, 5.74) is 8.36. The summed E-state index contributed by atoms with van der Waals surface area (Å²) in [6.45, 7) is 6.69. The summed E-state index contributed by atoms with van der Waals surface area (Å²) in [6.07, 6.45) is 0. The van der Waals surface area contributed by atoms with Crippen molar-refractivity contribution in [1.29, 1.82) is 0 Å². The molecule has 0 saturated heterocycles. The van der Waals surface area contributed by atoms with Crippen LogP contribution in [-0.2, 0) is 12.0 Å². The molecule has 0 aliphatic rings. The second-order valence-corrected chi connectivity index (χ2v) is 6.40. The number of aromatic nitrogens is 3. The lowest BCUT2D eigenvalue weighted by molar-refractivity contribution is 0.481. The van der Waals surface area contributed by atoms with E-state index in [1.54, 1.807) is 6.07 Å². The van der Waals surface area contributed by atoms with Crippen LogP contribution in [0.25, 0.3) is 16.5 Å². The summed E-state index contributed by atoms with van der Waals surface area (Å²) < 4.78 is 1.84. The monoisotopic (exact) mass is 296 g/mol. The molecule has 114 valence electrons. The number of phenols is 1. The standard InChI is InChI=1S/C17H20N4O/c1-17(2,3)16-13(10-18)19-20-21(16)14-8-4-7-12-11(14)6-5-9-15(12)22/h4-9,22H,10,18H2,1-3H3. The molecule has 0 atom stereocenters. The molecular weight excluding hydrogens is 276 g/mol. The molecule has 0 saturated carbocycles. The predicted molar refractivity (Wildman–Crippen MR) is 87.1 cm³/mol. The summed E-state index contributed by atoms with van der Waals surface area (Å²) in [4.78, 5) is 0. The molecule has 5 heteroatoms. The second-order valence-electron chi connectivity index (χ2n) is 6.40. The highest BCUT2D eigenvalue weighted by Crippen LogP contribution is 2.32. The quantitative estimate of drug-likeness (QED) is 0.762. The van der Waals surface area contributed by atoms with Crippen molar-refractivity contribution < 1.29 is 5.11 Å². The molecule has 0 fully saturated rings. The molecule has 3 N–H and O–H groups in total. The fourth-order valence-corrected chi connectivity index (χ4v) is 2.83. The van der Waals surface area contributed by atoms with Crippen molar-refractivity contribution in [3.05, 3.63) is 47.8 Å². The van der Waals surface area contributed by atoms with Crippen LogP contribution in [-0.4, -0.2) is 20.1 Å². The lowest BCUT2D eigenvalue weighted by atomic mass is 9.90. The fourth-order valence-electron chi connectivity index (χ4n) is 2.83. The Morgan fingerprint density at radius 2 is 1.77 bits per heavy atom. The molecule has 0 spiro atoms. The number of rotatable bonds is 2. The van der Waals surface area contributed by atoms with Crippen LogP contribution in [0.5, 0.6) is 5.75 Å². The Labute approximate surface area is 129 Å². The number of benzene rings is 2. The minimum Gasteiger partial charge on any atom is -0.507 e. The first-order chi connectivity index (χ1) is 10.4. The van der Waals surface area contributed by atoms with Crippen LogP contribution >= 0.6 is 0 Å². The van der Waals surface area contributed by atoms with Crippen LogP contribution in [0.3, 0.4) is 0 Å². The first-order valence-corrected chi connectivity index (χ1v) is 7.29. The number of nitrogens with two attached hydrogens (primary N) is 1. The fraction of sp³-hybridized carbons (Fsp3) is 0.294. The highest BCUT2D eigenvalue weighted by molar-refractivity contribution is 5.94. The maximum Gasteiger partial charge on any atom is 0.123 e. The van der Waals surface area contributed by atoms with Gasteiger partial charge in [0.2, 0.25) is 0 Å². The van der Waals surface area contributed by atoms with Crippen molar-refractivity contribution in [2.24, 2.45) is 5.73 Å². The number of fused-ring (bicyclic) bond motifs is 1. The highest BCUT2D eigenvalue weighted by Gasteiger charge is 2.26. The van der Waals surface area contributed by atoms with Crippen molar-refractivity contribution in [2.75, 3.05) is 0 Å². The van der Waals surface area contributed by atoms with Crippen LogP contribution < -0.4 is 5.73 Å². The highest BCUT2D eigenvalue weighted by atomic mass is 16.3. The van der Waals surface area contributed by atoms with Gasteiger partial charge >= 0.3 is 0 Å². The van der Waals surface area contributed by atoms with Crippen molar-refractivity contribution in [1.82, 2.24) is 15.0 Å². The molecule has 0 radical (unpaired) electrons. The maximum absolute atomic E-state index is 10.1. The van der Waals surface area contributed by atoms with E-state index in [1.807, 2.05) is 35.0 Å². The first-order valence-electron chi connectivity index (χ1n) is 7.29. The minimum absolute atomic E-state index is 0.142. The van der Waals surface area contributed by atoms with Crippen LogP contribution in [0.1, 0.15) is 32.2 Å². The van der Waals surface area contributed by atoms with E-state index in [0.717, 1.165) is 27.8 Å². The van der Waals surface area contributed by atoms with Gasteiger partial charge < -0.3 is 10.8 Å². The van der Waals surface area contributed by atoms with E-state index in [0.29, 0.717) is 6.54 Å². The molecule has 3 rings (SSSR count). The zero-order chi connectivity index (χ0) is 15.9. The Morgan fingerprint density at radius 3 is 2.45 bits per heavy atom. The molecule has 0 amide bonds. The molecule has 22 heavy (non-hydrogen) atoms. The van der Waals surface area contributed by atoms with Crippen molar-refractivity contribution in [3.63, 3.8) is 0 Å². The van der Waals surface area contributed by atoms with Crippen molar-refractivity contribution >= 4 is 10.8 Å². The van der Waals surface area contributed by atoms with E-state index in [1.165, 1.54) is 0 Å². The number of hydrogen-bond acceptors (Lipinski definition) is 4. The van der Waals surface area contributed by atoms with Gasteiger partial charge in [0.05, 0.1) is 11.4 Å². The van der Waals surface area contributed by atoms with Crippen molar-refractivity contribution in [3.8, 4) is 11.4 Å². The van der Waals surface area contributed by atoms with E-state index in [4.69, 9.17) is 5.73 Å². The number of aromatic hydroxyl groups is 1. The van der Waals surface area contributed by atoms with Gasteiger partial charge in [0.15, 0.2) is 0 Å². The second kappa shape index (κ2) is 5.10. The van der Waals surface area contributed by atoms with Gasteiger partial charge in [0.25, 0.3) is 0 Å². The van der Waals surface area contributed by atoms with E-state index >= 15 is 0 Å². The van der Waals surface area contributed by atoms with E-state index in [2.05, 4.69) is 31.1 Å². The smallest absolute Gasteiger partial charge is 0.123 e. The van der Waals surface area contributed by atoms with Crippen LogP contribution in [0.15, 0.2) is 36.4 Å². The SMILES string of the molecule is CC(C)(C)c1c(CN)nnn1-c1cccc2c(O)cccc12. The molecule has 3 aromatic rings. The zero-order valence-corrected chi connectivity index (χ0v) is 13.0. The number of phenolic OH excluding ortho intramolecular Hbond substituents is 1. The van der Waals surface area contributed by atoms with Gasteiger partial charge in [0, 0.05) is 22.7 Å². The third kappa shape index (κ3) is 2.23. The zero-order valence-electron chi connectivity index (χ0n) is 13.0. The lowest BCUT2D eigenvalue weighted by Gasteiger charge is -2.21. The molecule has 5 nitrogen and oxygen atoms in total. The van der Waals surface area contributed by atoms with E-state index in [9.17, 15) is 5.11 Å². The van der Waals surface area contributed by atoms with E-state index < -0.39 is 0 Å². The topological polar surface area (TPSA) is 77.0 Å². The molecular formula is C17H20N4O. The minimum atomic E-state index is -0.142. The summed E-state index contributed by atoms with van der Waals surface area (Å²) in [5.74, 6) is 0.260. The van der Waals surface area contributed by atoms with Gasteiger partial charge in [-0.1, -0.05) is 50.3 Å². The number of hydrogen-bond donors (Lipinski definition) is 2. The average Bonchev–Trinajstić information content (AvgIpc) is 2.91. The molecule has 2 aromatic carbocycles. The maximum atomic E-state index is 10.1. The third-order valence-corrected chi connectivity index (χ3v) is 3.75. The lowest BCUT2D eigenvalue weighted by Crippen LogP contribution is -2.20. The summed E-state index contributed by atoms with van der Waals surface area (Å²) >= 11 is 0. The van der Waals surface area contributed by atoms with Gasteiger partial charge in [-0.2, -0.15) is 0 Å². The molecule has 0 aliphatic heterocycles. The van der Waals surface area contributed by atoms with Gasteiger partial charge in [-0.3, -0.25) is 0 Å². The van der Waals surface area contributed by atoms with Crippen LogP contribution in [0, 0.1) is 0 Å². The average molecular weight is 296 g/mol. The molecule has 0 unspecified atom stereocenters. The molecule has 0 bridgehead atoms. The van der Waals surface area contributed by atoms with Crippen molar-refractivity contribution in [2.45, 2.75) is 32.7 Å². The Hall–Kier alpha value is -2.40. The van der Waals surface area contributed by atoms with Gasteiger partial charge in [-0.15, -0.1) is 5.10 Å². The third-order valence-electron chi connectivity index (χ3n) is 3.75. The molecule has 1 heterocycles. The van der Waals surface area contributed by atoms with E-state index in [-0.39, 0.29) is 11.2 Å². The Bertz CT molecular complexity index is 830. The summed E-state index contributed by atoms with van der Waals surface area (Å²) in [5, 5.41) is 20.3. The summed E-state index contributed by atoms with van der Waals surface area (Å²) in [7, 11) is 0. The Morgan fingerprint density at radius 1 is 1.09 bits per heavy atom. The van der Waals surface area contributed by atoms with Crippen LogP contribution in [0.4, 0.5) is 0 Å². The van der Waals surface area contributed by atoms with Crippen LogP contribution in [0.2, 0.25) is 0 Å². The first kappa shape index (κ1) is 14.5. The molecule has 1 aromatic heterocycles. The summed E-state index contributed by atoms with van der Waals surface area (Å²) in [6, 6.07) is 11.3. The van der Waals surface area contributed by atoms with Gasteiger partial charge in [-0.25, -0.2) is 4.68 Å². The van der Waals surface area contributed by atoms with Gasteiger partial charge in [-0.05, 0) is 12.1 Å². The van der Waals surface area contributed by atoms with Gasteiger partial charge in [0.1, 0.15) is 11.4 Å². The Balaban J connectivity index is 2.34. The number of nitrogens with zero attached hydrogens (tertiary/aromatic N) is 3. The molecule has 0 aliphatic carbocycles.